The molecule has 0 bridgehead atoms. The van der Waals surface area contributed by atoms with Crippen molar-refractivity contribution < 1.29 is 14.4 Å². The Bertz CT molecular complexity index is 667. The van der Waals surface area contributed by atoms with E-state index in [1.807, 2.05) is 12.1 Å². The summed E-state index contributed by atoms with van der Waals surface area (Å²) < 4.78 is 15.7. The van der Waals surface area contributed by atoms with E-state index in [4.69, 9.17) is 5.21 Å². The third-order valence-corrected chi connectivity index (χ3v) is 3.88. The number of anilines is 2. The monoisotopic (exact) mass is 450 g/mol. The van der Waals surface area contributed by atoms with Crippen LogP contribution >= 0.6 is 38.5 Å². The molecule has 0 aliphatic rings. The number of amides is 1. The van der Waals surface area contributed by atoms with Gasteiger partial charge in [0.25, 0.3) is 5.91 Å². The van der Waals surface area contributed by atoms with E-state index in [1.54, 1.807) is 6.07 Å². The normalized spacial score (nSPS) is 10.2. The molecule has 104 valence electrons. The molecule has 0 unspecified atom stereocenters. The Morgan fingerprint density at radius 1 is 1.30 bits per heavy atom. The number of benzene rings is 2. The summed E-state index contributed by atoms with van der Waals surface area (Å²) in [6, 6.07) is 9.51. The number of nitrogens with one attached hydrogen (secondary N) is 2. The van der Waals surface area contributed by atoms with Gasteiger partial charge in [0.15, 0.2) is 0 Å². The summed E-state index contributed by atoms with van der Waals surface area (Å²) in [4.78, 5) is 11.5. The number of hydrogen-bond acceptors (Lipinski definition) is 3. The summed E-state index contributed by atoms with van der Waals surface area (Å²) in [6.07, 6.45) is 0. The summed E-state index contributed by atoms with van der Waals surface area (Å²) >= 11 is 5.52. The topological polar surface area (TPSA) is 61.4 Å². The number of carbonyl (C=O) groups excluding carboxylic acids is 1. The summed E-state index contributed by atoms with van der Waals surface area (Å²) in [6.45, 7) is 0. The molecule has 2 rings (SSSR count). The molecule has 2 aromatic carbocycles. The fourth-order valence-corrected chi connectivity index (χ4v) is 3.02. The van der Waals surface area contributed by atoms with Gasteiger partial charge in [-0.25, -0.2) is 9.87 Å². The molecular weight excluding hydrogens is 442 g/mol. The fourth-order valence-electron chi connectivity index (χ4n) is 1.63. The van der Waals surface area contributed by atoms with Crippen molar-refractivity contribution >= 4 is 55.8 Å². The minimum absolute atomic E-state index is 0.000887. The highest BCUT2D eigenvalue weighted by atomic mass is 127. The van der Waals surface area contributed by atoms with E-state index in [2.05, 4.69) is 43.8 Å². The van der Waals surface area contributed by atoms with Crippen LogP contribution in [0.4, 0.5) is 15.8 Å². The molecule has 7 heteroatoms. The maximum Gasteiger partial charge on any atom is 0.276 e. The van der Waals surface area contributed by atoms with E-state index in [0.717, 1.165) is 8.04 Å². The van der Waals surface area contributed by atoms with Gasteiger partial charge in [0.05, 0.1) is 16.9 Å². The Hall–Kier alpha value is -1.19. The Kier molecular flexibility index (Phi) is 4.95. The van der Waals surface area contributed by atoms with Gasteiger partial charge in [-0.15, -0.1) is 0 Å². The van der Waals surface area contributed by atoms with Crippen molar-refractivity contribution in [3.8, 4) is 0 Å². The van der Waals surface area contributed by atoms with Crippen LogP contribution in [-0.2, 0) is 0 Å². The van der Waals surface area contributed by atoms with Crippen molar-refractivity contribution in [2.75, 3.05) is 5.32 Å². The first-order valence-electron chi connectivity index (χ1n) is 5.48. The number of hydroxylamine groups is 1. The highest BCUT2D eigenvalue weighted by Crippen LogP contribution is 2.30. The van der Waals surface area contributed by atoms with Gasteiger partial charge >= 0.3 is 0 Å². The van der Waals surface area contributed by atoms with Gasteiger partial charge in [0, 0.05) is 8.04 Å². The van der Waals surface area contributed by atoms with E-state index in [0.29, 0.717) is 5.69 Å². The van der Waals surface area contributed by atoms with Gasteiger partial charge in [-0.1, -0.05) is 6.07 Å². The molecule has 4 nitrogen and oxygen atoms in total. The van der Waals surface area contributed by atoms with Crippen LogP contribution in [0.5, 0.6) is 0 Å². The molecule has 0 saturated carbocycles. The molecule has 0 fully saturated rings. The standard InChI is InChI=1S/C13H9BrFIN2O2/c14-9-6-7(16)4-5-11(9)17-12-8(13(19)18-20)2-1-3-10(12)15/h1-6,17,20H,(H,18,19). The smallest absolute Gasteiger partial charge is 0.276 e. The van der Waals surface area contributed by atoms with Gasteiger partial charge in [-0.05, 0) is 68.9 Å². The van der Waals surface area contributed by atoms with Gasteiger partial charge in [-0.2, -0.15) is 0 Å². The molecule has 0 aliphatic carbocycles. The quantitative estimate of drug-likeness (QED) is 0.375. The van der Waals surface area contributed by atoms with Crippen molar-refractivity contribution in [1.82, 2.24) is 5.48 Å². The zero-order valence-corrected chi connectivity index (χ0v) is 13.7. The van der Waals surface area contributed by atoms with Gasteiger partial charge in [0.2, 0.25) is 0 Å². The SMILES string of the molecule is O=C(NO)c1cccc(F)c1Nc1ccc(I)cc1Br. The average Bonchev–Trinajstić information content (AvgIpc) is 2.42. The molecule has 0 aromatic heterocycles. The first-order chi connectivity index (χ1) is 9.52. The predicted molar refractivity (Wildman–Crippen MR) is 85.8 cm³/mol. The highest BCUT2D eigenvalue weighted by molar-refractivity contribution is 14.1. The first-order valence-corrected chi connectivity index (χ1v) is 7.35. The zero-order valence-electron chi connectivity index (χ0n) is 9.95. The third-order valence-electron chi connectivity index (χ3n) is 2.55. The maximum absolute atomic E-state index is 13.9. The van der Waals surface area contributed by atoms with E-state index in [1.165, 1.54) is 23.7 Å². The molecule has 2 aromatic rings. The minimum Gasteiger partial charge on any atom is -0.352 e. The molecular formula is C13H9BrFIN2O2. The van der Waals surface area contributed by atoms with E-state index >= 15 is 0 Å². The molecule has 0 saturated heterocycles. The maximum atomic E-state index is 13.9. The van der Waals surface area contributed by atoms with Crippen LogP contribution < -0.4 is 10.8 Å². The molecule has 0 spiro atoms. The molecule has 1 amide bonds. The van der Waals surface area contributed by atoms with Crippen LogP contribution in [0.25, 0.3) is 0 Å². The second kappa shape index (κ2) is 6.51. The highest BCUT2D eigenvalue weighted by Gasteiger charge is 2.15. The number of carbonyl (C=O) groups is 1. The van der Waals surface area contributed by atoms with Crippen molar-refractivity contribution in [2.24, 2.45) is 0 Å². The summed E-state index contributed by atoms with van der Waals surface area (Å²) in [7, 11) is 0. The van der Waals surface area contributed by atoms with E-state index < -0.39 is 11.7 Å². The van der Waals surface area contributed by atoms with Crippen molar-refractivity contribution in [1.29, 1.82) is 0 Å². The lowest BCUT2D eigenvalue weighted by molar-refractivity contribution is 0.0707. The lowest BCUT2D eigenvalue weighted by Gasteiger charge is -2.13. The second-order valence-electron chi connectivity index (χ2n) is 3.85. The van der Waals surface area contributed by atoms with Crippen molar-refractivity contribution in [3.63, 3.8) is 0 Å². The number of halogens is 3. The second-order valence-corrected chi connectivity index (χ2v) is 5.95. The van der Waals surface area contributed by atoms with Gasteiger partial charge in [0.1, 0.15) is 5.82 Å². The Morgan fingerprint density at radius 3 is 2.70 bits per heavy atom. The predicted octanol–water partition coefficient (Wildman–Crippen LogP) is 4.06. The van der Waals surface area contributed by atoms with Crippen molar-refractivity contribution in [2.45, 2.75) is 0 Å². The van der Waals surface area contributed by atoms with Crippen LogP contribution in [0.1, 0.15) is 10.4 Å². The number of hydrogen-bond donors (Lipinski definition) is 3. The Morgan fingerprint density at radius 2 is 2.05 bits per heavy atom. The van der Waals surface area contributed by atoms with E-state index in [9.17, 15) is 9.18 Å². The molecule has 0 heterocycles. The summed E-state index contributed by atoms with van der Waals surface area (Å²) in [5, 5.41) is 11.6. The summed E-state index contributed by atoms with van der Waals surface area (Å²) in [5.41, 5.74) is 2.13. The molecule has 3 N–H and O–H groups in total. The number of rotatable bonds is 3. The summed E-state index contributed by atoms with van der Waals surface area (Å²) in [5.74, 6) is -1.37. The molecule has 20 heavy (non-hydrogen) atoms. The van der Waals surface area contributed by atoms with Gasteiger partial charge < -0.3 is 5.32 Å². The van der Waals surface area contributed by atoms with Crippen LogP contribution in [0, 0.1) is 9.39 Å². The largest absolute Gasteiger partial charge is 0.352 e. The molecule has 0 radical (unpaired) electrons. The van der Waals surface area contributed by atoms with Crippen LogP contribution in [0.2, 0.25) is 0 Å². The number of para-hydroxylation sites is 1. The molecule has 0 atom stereocenters. The molecule has 0 aliphatic heterocycles. The lowest BCUT2D eigenvalue weighted by atomic mass is 10.1. The first kappa shape index (κ1) is 15.2. The minimum atomic E-state index is -0.784. The van der Waals surface area contributed by atoms with Crippen LogP contribution in [0.15, 0.2) is 40.9 Å². The Labute approximate surface area is 136 Å². The van der Waals surface area contributed by atoms with Crippen molar-refractivity contribution in [3.05, 3.63) is 55.8 Å². The fraction of sp³-hybridized carbons (Fsp3) is 0. The average molecular weight is 451 g/mol. The van der Waals surface area contributed by atoms with E-state index in [-0.39, 0.29) is 11.3 Å². The van der Waals surface area contributed by atoms with Gasteiger partial charge in [-0.3, -0.25) is 10.0 Å². The Balaban J connectivity index is 2.45. The van der Waals surface area contributed by atoms with Crippen LogP contribution in [-0.4, -0.2) is 11.1 Å². The zero-order chi connectivity index (χ0) is 14.7. The van der Waals surface area contributed by atoms with Crippen LogP contribution in [0.3, 0.4) is 0 Å². The third kappa shape index (κ3) is 3.28. The lowest BCUT2D eigenvalue weighted by Crippen LogP contribution is -2.20.